The van der Waals surface area contributed by atoms with E-state index in [1.54, 1.807) is 20.8 Å². The number of hydrogen-bond acceptors (Lipinski definition) is 4. The van der Waals surface area contributed by atoms with Crippen molar-refractivity contribution in [3.63, 3.8) is 0 Å². The molecule has 7 heteroatoms. The Morgan fingerprint density at radius 2 is 0.560 bits per heavy atom. The molecule has 0 radical (unpaired) electrons. The van der Waals surface area contributed by atoms with E-state index in [2.05, 4.69) is 96.9 Å². The first-order valence-electron chi connectivity index (χ1n) is 29.6. The number of carbonyl (C=O) groups is 3. The monoisotopic (exact) mass is 1070 g/mol. The topological polar surface area (TPSA) is 70.2 Å². The summed E-state index contributed by atoms with van der Waals surface area (Å²) in [6.07, 6.45) is 26.8. The van der Waals surface area contributed by atoms with Gasteiger partial charge in [-0.05, 0) is 153 Å². The number of rotatable bonds is 10. The minimum Gasteiger partial charge on any atom is -0.378 e. The molecule has 7 saturated carbocycles. The molecule has 0 spiro atoms. The van der Waals surface area contributed by atoms with Crippen LogP contribution in [-0.4, -0.2) is 84.4 Å². The zero-order valence-electron chi connectivity index (χ0n) is 49.6. The molecule has 0 aromatic heterocycles. The Bertz CT molecular complexity index is 1240. The summed E-state index contributed by atoms with van der Waals surface area (Å²) in [5.74, 6) is 14.3. The van der Waals surface area contributed by atoms with E-state index in [0.717, 1.165) is 95.4 Å². The summed E-state index contributed by atoms with van der Waals surface area (Å²) in [5, 5.41) is 0. The van der Waals surface area contributed by atoms with Crippen molar-refractivity contribution in [1.82, 2.24) is 14.7 Å². The van der Waals surface area contributed by atoms with Gasteiger partial charge in [0.05, 0.1) is 6.10 Å². The Labute approximate surface area is 474 Å². The second-order valence-corrected chi connectivity index (χ2v) is 26.4. The van der Waals surface area contributed by atoms with Gasteiger partial charge in [0.1, 0.15) is 0 Å². The normalized spacial score (nSPS) is 26.7. The number of fused-ring (bicyclic) bond motifs is 1. The summed E-state index contributed by atoms with van der Waals surface area (Å²) in [5.41, 5.74) is 0. The summed E-state index contributed by atoms with van der Waals surface area (Å²) in [7, 11) is 5.72. The number of hydrogen-bond donors (Lipinski definition) is 0. The molecule has 1 aliphatic heterocycles. The van der Waals surface area contributed by atoms with Gasteiger partial charge in [0.25, 0.3) is 0 Å². The van der Waals surface area contributed by atoms with Crippen molar-refractivity contribution in [2.24, 2.45) is 88.8 Å². The van der Waals surface area contributed by atoms with Crippen LogP contribution in [-0.2, 0) is 19.1 Å². The fraction of sp³-hybridized carbons (Fsp3) is 0.956. The highest BCUT2D eigenvalue weighted by Gasteiger charge is 2.38. The molecule has 0 N–H and O–H groups in total. The average Bonchev–Trinajstić information content (AvgIpc) is 3.56. The van der Waals surface area contributed by atoms with E-state index in [-0.39, 0.29) is 62.3 Å². The highest BCUT2D eigenvalue weighted by molar-refractivity contribution is 5.74. The summed E-state index contributed by atoms with van der Waals surface area (Å²) >= 11 is 0. The van der Waals surface area contributed by atoms with Crippen molar-refractivity contribution in [3.8, 4) is 0 Å². The van der Waals surface area contributed by atoms with Crippen molar-refractivity contribution < 1.29 is 19.1 Å². The quantitative estimate of drug-likeness (QED) is 0.219. The van der Waals surface area contributed by atoms with E-state index in [1.165, 1.54) is 122 Å². The molecule has 75 heavy (non-hydrogen) atoms. The maximum atomic E-state index is 11.0. The molecule has 8 aliphatic rings. The van der Waals surface area contributed by atoms with Crippen LogP contribution in [0.4, 0.5) is 0 Å². The number of nitrogens with zero attached hydrogens (tertiary/aromatic N) is 3. The molecule has 1 saturated heterocycles. The number of carbonyl (C=O) groups excluding carboxylic acids is 3. The largest absolute Gasteiger partial charge is 0.378 e. The Hall–Kier alpha value is -1.63. The number of amides is 3. The Morgan fingerprint density at radius 3 is 0.720 bits per heavy atom. The summed E-state index contributed by atoms with van der Waals surface area (Å²) in [4.78, 5) is 38.6. The molecule has 454 valence electrons. The van der Waals surface area contributed by atoms with E-state index in [1.807, 2.05) is 35.8 Å². The highest BCUT2D eigenvalue weighted by Crippen LogP contribution is 2.42. The third-order valence-corrected chi connectivity index (χ3v) is 19.3. The second kappa shape index (κ2) is 41.4. The minimum absolute atomic E-state index is 0. The third-order valence-electron chi connectivity index (χ3n) is 19.3. The van der Waals surface area contributed by atoms with Crippen LogP contribution >= 0.6 is 0 Å². The van der Waals surface area contributed by atoms with Crippen LogP contribution in [0.5, 0.6) is 0 Å². The molecule has 7 nitrogen and oxygen atoms in total. The fourth-order valence-corrected chi connectivity index (χ4v) is 11.3. The van der Waals surface area contributed by atoms with Gasteiger partial charge in [-0.15, -0.1) is 0 Å². The van der Waals surface area contributed by atoms with Gasteiger partial charge in [0.2, 0.25) is 17.7 Å². The average molecular weight is 1070 g/mol. The van der Waals surface area contributed by atoms with Crippen molar-refractivity contribution >= 4 is 17.7 Å². The van der Waals surface area contributed by atoms with Crippen LogP contribution in [0.15, 0.2) is 0 Å². The van der Waals surface area contributed by atoms with Crippen LogP contribution in [0.1, 0.15) is 284 Å². The minimum atomic E-state index is 0. The van der Waals surface area contributed by atoms with Gasteiger partial charge in [-0.1, -0.05) is 199 Å². The molecule has 3 amide bonds. The predicted octanol–water partition coefficient (Wildman–Crippen LogP) is 19.7. The SMILES string of the molecule is C.C.C.C.C.C.CC(=O)N(C)C1CC(C(C)C)C1.CC(=O)N(C)C1CC(C(C)C)C1.CC(=O)N(C)C1CC(C(C)C)C1.CC(C)C1CC2CCCOC2C1.CC(C)C1CCC1.CC(C)C1CCC1.CC(C)C1CCC1. The van der Waals surface area contributed by atoms with Crippen LogP contribution in [0.2, 0.25) is 0 Å². The maximum Gasteiger partial charge on any atom is 0.219 e. The molecule has 3 atom stereocenters. The van der Waals surface area contributed by atoms with Crippen LogP contribution in [0, 0.1) is 88.8 Å². The molecule has 0 aromatic rings. The lowest BCUT2D eigenvalue weighted by Crippen LogP contribution is -2.46. The second-order valence-electron chi connectivity index (χ2n) is 26.4. The van der Waals surface area contributed by atoms with E-state index < -0.39 is 0 Å². The lowest BCUT2D eigenvalue weighted by atomic mass is 9.73. The first-order chi connectivity index (χ1) is 32.2. The van der Waals surface area contributed by atoms with Crippen molar-refractivity contribution in [1.29, 1.82) is 0 Å². The molecule has 3 unspecified atom stereocenters. The van der Waals surface area contributed by atoms with Crippen LogP contribution in [0.3, 0.4) is 0 Å². The van der Waals surface area contributed by atoms with Gasteiger partial charge >= 0.3 is 0 Å². The van der Waals surface area contributed by atoms with Crippen molar-refractivity contribution in [2.75, 3.05) is 27.7 Å². The summed E-state index contributed by atoms with van der Waals surface area (Å²) in [6.45, 7) is 38.1. The standard InChI is InChI=1S/C11H20O.3C10H19NO.3C7H14.6CH4/c1-8(2)10-6-9-4-3-5-12-11(9)7-10;3*1-7(2)9-5-10(6-9)11(4)8(3)12;3*1-6(2)7-4-3-5-7;;;;;;/h8-11H,3-7H2,1-2H3;3*7,9-10H,5-6H2,1-4H3;3*6-7H,3-5H2,1-2H3;6*1H4. The van der Waals surface area contributed by atoms with E-state index in [9.17, 15) is 14.4 Å². The predicted molar refractivity (Wildman–Crippen MR) is 336 cm³/mol. The van der Waals surface area contributed by atoms with Crippen LogP contribution in [0.25, 0.3) is 0 Å². The lowest BCUT2D eigenvalue weighted by molar-refractivity contribution is -0.133. The molecule has 1 heterocycles. The smallest absolute Gasteiger partial charge is 0.219 e. The molecule has 8 fully saturated rings. The molecule has 7 aliphatic carbocycles. The zero-order chi connectivity index (χ0) is 52.3. The molecule has 0 bridgehead atoms. The fourth-order valence-electron chi connectivity index (χ4n) is 11.3. The Balaban J connectivity index is -0.000000254. The van der Waals surface area contributed by atoms with E-state index in [0.29, 0.717) is 24.2 Å². The van der Waals surface area contributed by atoms with Gasteiger partial charge in [-0.25, -0.2) is 0 Å². The first-order valence-corrected chi connectivity index (χ1v) is 29.6. The highest BCUT2D eigenvalue weighted by atomic mass is 16.5. The van der Waals surface area contributed by atoms with Crippen LogP contribution < -0.4 is 0 Å². The molecular weight excluding hydrogens is 923 g/mol. The lowest BCUT2D eigenvalue weighted by Gasteiger charge is -2.42. The summed E-state index contributed by atoms with van der Waals surface area (Å²) < 4.78 is 5.78. The Morgan fingerprint density at radius 1 is 0.333 bits per heavy atom. The van der Waals surface area contributed by atoms with E-state index in [4.69, 9.17) is 4.74 Å². The first kappa shape index (κ1) is 82.2. The van der Waals surface area contributed by atoms with E-state index >= 15 is 0 Å². The van der Waals surface area contributed by atoms with Gasteiger partial charge in [0.15, 0.2) is 0 Å². The summed E-state index contributed by atoms with van der Waals surface area (Å²) in [6, 6.07) is 1.57. The van der Waals surface area contributed by atoms with Gasteiger partial charge in [0, 0.05) is 66.6 Å². The van der Waals surface area contributed by atoms with Gasteiger partial charge in [-0.2, -0.15) is 0 Å². The van der Waals surface area contributed by atoms with Gasteiger partial charge < -0.3 is 19.4 Å². The number of ether oxygens (including phenoxy) is 1. The third kappa shape index (κ3) is 28.9. The molecule has 0 aromatic carbocycles. The zero-order valence-corrected chi connectivity index (χ0v) is 49.6. The van der Waals surface area contributed by atoms with Crippen molar-refractivity contribution in [3.05, 3.63) is 0 Å². The van der Waals surface area contributed by atoms with Gasteiger partial charge in [-0.3, -0.25) is 14.4 Å². The maximum absolute atomic E-state index is 11.0. The Kier molecular flexibility index (Phi) is 45.4. The molecular formula is C68H143N3O4. The van der Waals surface area contributed by atoms with Crippen molar-refractivity contribution in [2.45, 2.75) is 308 Å². The molecule has 8 rings (SSSR count).